The number of ketones is 5. The van der Waals surface area contributed by atoms with Crippen LogP contribution in [0.25, 0.3) is 0 Å². The lowest BCUT2D eigenvalue weighted by molar-refractivity contribution is -0.160. The molecular formula is C78H103N9O38. The van der Waals surface area contributed by atoms with Crippen molar-refractivity contribution in [3.05, 3.63) is 196 Å². The van der Waals surface area contributed by atoms with Crippen LogP contribution in [0.3, 0.4) is 0 Å². The zero-order chi connectivity index (χ0) is 95.1. The largest absolute Gasteiger partial charge is 0.469 e. The Hall–Kier alpha value is -14.9. The van der Waals surface area contributed by atoms with Gasteiger partial charge >= 0.3 is 123 Å². The first-order valence-electron chi connectivity index (χ1n) is 36.5. The fraction of sp³-hybridized carbons (Fsp3) is 0.462. The lowest BCUT2D eigenvalue weighted by Gasteiger charge is -2.27. The summed E-state index contributed by atoms with van der Waals surface area (Å²) in [4.78, 5) is 308. The number of nitrogens with zero attached hydrogens (tertiary/aromatic N) is 9. The molecule has 2 unspecified atom stereocenters. The van der Waals surface area contributed by atoms with Gasteiger partial charge in [0.25, 0.3) is 0 Å². The summed E-state index contributed by atoms with van der Waals surface area (Å²) >= 11 is 0. The van der Waals surface area contributed by atoms with E-state index in [1.54, 1.807) is 0 Å². The van der Waals surface area contributed by atoms with Gasteiger partial charge in [-0.2, -0.15) is 0 Å². The molecule has 3 heterocycles. The third-order valence-corrected chi connectivity index (χ3v) is 15.8. The smallest absolute Gasteiger partial charge is 0.336 e. The Bertz CT molecular complexity index is 4760. The molecule has 0 spiro atoms. The second-order valence-corrected chi connectivity index (χ2v) is 24.3. The minimum absolute atomic E-state index is 0. The lowest BCUT2D eigenvalue weighted by Crippen LogP contribution is -2.55. The maximum Gasteiger partial charge on any atom is 0.336 e. The molecule has 688 valence electrons. The quantitative estimate of drug-likeness (QED) is 0.0240. The fourth-order valence-corrected chi connectivity index (χ4v) is 9.38. The van der Waals surface area contributed by atoms with Crippen molar-refractivity contribution < 1.29 is 138 Å². The van der Waals surface area contributed by atoms with Crippen LogP contribution in [0.5, 0.6) is 0 Å². The first-order valence-corrected chi connectivity index (χ1v) is 36.5. The molecule has 0 aromatic carbocycles. The summed E-state index contributed by atoms with van der Waals surface area (Å²) in [6.45, 7) is 24.8. The van der Waals surface area contributed by atoms with Gasteiger partial charge in [-0.3, -0.25) is 43.2 Å². The van der Waals surface area contributed by atoms with Crippen LogP contribution in [0.15, 0.2) is 144 Å². The van der Waals surface area contributed by atoms with Gasteiger partial charge in [0.15, 0.2) is 5.78 Å². The Morgan fingerprint density at radius 2 is 0.528 bits per heavy atom. The van der Waals surface area contributed by atoms with Gasteiger partial charge < -0.3 is 61.6 Å². The molecular weight excluding hydrogens is 1670 g/mol. The monoisotopic (exact) mass is 1770 g/mol. The van der Waals surface area contributed by atoms with Crippen LogP contribution in [0.2, 0.25) is 0 Å². The molecule has 3 aromatic rings. The van der Waals surface area contributed by atoms with Crippen molar-refractivity contribution in [3.8, 4) is 0 Å². The number of methoxy groups -OCH3 is 3. The highest BCUT2D eigenvalue weighted by molar-refractivity contribution is 6.03. The Balaban J connectivity index is -0.00000167. The summed E-state index contributed by atoms with van der Waals surface area (Å²) in [6, 6.07) is 0. The molecule has 47 nitrogen and oxygen atoms in total. The van der Waals surface area contributed by atoms with Crippen molar-refractivity contribution in [2.45, 2.75) is 146 Å². The van der Waals surface area contributed by atoms with Crippen LogP contribution in [0.1, 0.15) is 87.0 Å². The molecule has 0 saturated heterocycles. The molecule has 0 aliphatic rings. The van der Waals surface area contributed by atoms with Crippen molar-refractivity contribution in [2.24, 2.45) is 11.3 Å². The Morgan fingerprint density at radius 3 is 0.696 bits per heavy atom. The molecule has 0 fully saturated rings. The van der Waals surface area contributed by atoms with Crippen LogP contribution in [-0.2, 0) is 197 Å². The number of hydrogen-bond acceptors (Lipinski definition) is 38. The van der Waals surface area contributed by atoms with Gasteiger partial charge in [-0.05, 0) is 60.0 Å². The second kappa shape index (κ2) is 61.4. The van der Waals surface area contributed by atoms with Gasteiger partial charge in [0.05, 0.1) is 80.2 Å². The predicted molar refractivity (Wildman–Crippen MR) is 432 cm³/mol. The lowest BCUT2D eigenvalue weighted by atomic mass is 9.75. The van der Waals surface area contributed by atoms with Gasteiger partial charge in [-0.25, -0.2) is 118 Å². The zero-order valence-electron chi connectivity index (χ0n) is 69.6. The zero-order valence-corrected chi connectivity index (χ0v) is 69.6. The molecule has 47 heteroatoms. The number of aromatic nitrogens is 9. The Labute approximate surface area is 711 Å². The van der Waals surface area contributed by atoms with Gasteiger partial charge in [0, 0.05) is 61.8 Å². The summed E-state index contributed by atoms with van der Waals surface area (Å²) in [7, 11) is 3.43. The highest BCUT2D eigenvalue weighted by Crippen LogP contribution is 2.33. The summed E-state index contributed by atoms with van der Waals surface area (Å²) in [5.74, 6) is -12.0. The Kier molecular flexibility index (Phi) is 56.2. The van der Waals surface area contributed by atoms with Gasteiger partial charge in [0.1, 0.15) is 100 Å². The average Bonchev–Trinajstić information content (AvgIpc) is 0.767. The molecule has 2 atom stereocenters. The molecule has 3 aromatic heterocycles. The highest BCUT2D eigenvalue weighted by atomic mass is 16.6. The average molecular weight is 1770 g/mol. The van der Waals surface area contributed by atoms with Crippen LogP contribution >= 0.6 is 0 Å². The minimum Gasteiger partial charge on any atom is -0.469 e. The Morgan fingerprint density at radius 1 is 0.304 bits per heavy atom. The third-order valence-electron chi connectivity index (χ3n) is 15.8. The van der Waals surface area contributed by atoms with E-state index in [9.17, 15) is 125 Å². The van der Waals surface area contributed by atoms with E-state index >= 15 is 0 Å². The molecule has 0 aliphatic heterocycles. The first kappa shape index (κ1) is 114. The van der Waals surface area contributed by atoms with Crippen LogP contribution in [0, 0.1) is 11.3 Å². The molecule has 0 amide bonds. The summed E-state index contributed by atoms with van der Waals surface area (Å²) in [5.41, 5.74) is -11.1. The van der Waals surface area contributed by atoms with Gasteiger partial charge in [0.2, 0.25) is 0 Å². The SMILES string of the molecule is C.C=CC(=O)OCCn1c(=O)n(CCOC(=O)C=C)c(=O)n(CCOC(=O)C=C)c1=O.C=CC(=O)OCCn1c(=O)n(CCOC(=O)C=C)c(=O)n(CCOC(=O)CCC(C(C)=O)C(=O)OC)c1=O.C=CC(=O)OCCn1c(=O)n(CCOC(=O)C=C)c(=O)n(CCOC(=O)CCC(CCC(C)=O)(C(C)=O)C(=O)OC)c1=O.C=CC(C)=O.COC(=O)CC(C)=O. The maximum atomic E-state index is 13.0. The second-order valence-electron chi connectivity index (χ2n) is 24.3. The van der Waals surface area contributed by atoms with Crippen LogP contribution in [0.4, 0.5) is 0 Å². The predicted octanol–water partition coefficient (Wildman–Crippen LogP) is -2.70. The molecule has 3 rings (SSSR count). The van der Waals surface area contributed by atoms with E-state index in [1.165, 1.54) is 40.9 Å². The van der Waals surface area contributed by atoms with Crippen molar-refractivity contribution in [3.63, 3.8) is 0 Å². The highest BCUT2D eigenvalue weighted by Gasteiger charge is 2.44. The fourth-order valence-electron chi connectivity index (χ4n) is 9.38. The van der Waals surface area contributed by atoms with E-state index in [2.05, 4.69) is 62.1 Å². The van der Waals surface area contributed by atoms with Crippen LogP contribution in [-0.4, -0.2) is 222 Å². The normalized spacial score (nSPS) is 10.7. The first-order chi connectivity index (χ1) is 58.4. The van der Waals surface area contributed by atoms with Gasteiger partial charge in [-0.1, -0.05) is 60.1 Å². The number of hydrogen-bond donors (Lipinski definition) is 0. The summed E-state index contributed by atoms with van der Waals surface area (Å²) in [6.07, 6.45) is 5.90. The number of Topliss-reactive ketones (excluding diaryl/α,β-unsaturated/α-hetero) is 4. The van der Waals surface area contributed by atoms with E-state index in [-0.39, 0.29) is 103 Å². The number of carbonyl (C=O) groups is 17. The molecule has 0 aliphatic carbocycles. The molecule has 125 heavy (non-hydrogen) atoms. The number of ether oxygens (including phenoxy) is 12. The van der Waals surface area contributed by atoms with E-state index in [1.807, 2.05) is 0 Å². The summed E-state index contributed by atoms with van der Waals surface area (Å²) < 4.78 is 62.7. The van der Waals surface area contributed by atoms with Crippen molar-refractivity contribution >= 4 is 101 Å². The molecule has 0 N–H and O–H groups in total. The molecule has 0 bridgehead atoms. The number of esters is 12. The van der Waals surface area contributed by atoms with E-state index < -0.39 is 231 Å². The van der Waals surface area contributed by atoms with E-state index in [4.69, 9.17) is 47.4 Å². The number of carbonyl (C=O) groups excluding carboxylic acids is 17. The number of allylic oxidation sites excluding steroid dienone is 1. The van der Waals surface area contributed by atoms with Crippen molar-refractivity contribution in [1.82, 2.24) is 41.1 Å². The standard InChI is InChI=1S/C27H35N3O13.C23H29N3O12.C18H21N3O9.C5H8O3.C4H6O.CH4/c1-6-20(33)41-15-12-28-24(37)29(13-16-42-21(34)7-2)26(39)30(25(28)38)14-17-43-22(35)9-11-27(19(4)32,23(36)40-5)10-8-18(3)31;1-5-17(28)36-12-9-24-21(32)25(10-13-37-18(29)6-2)23(34)26(22(24)33)11-14-38-19(30)8-7-16(15(3)27)20(31)35-4;1-4-13(22)28-10-7-19-16(25)20(8-11-29-14(23)5-2)18(27)21(17(19)26)9-12-30-15(24)6-3;1-4(6)3-5(7)8-2;1-3-4(2)5;/h6-7H,1-2,8-17H2,3-5H3;5-6,16H,1-2,7-14H2,3-4H3;4-6H,1-3,7-12H2;3H2,1-2H3;3H,1H2,2H3;1H4. The van der Waals surface area contributed by atoms with Crippen LogP contribution < -0.4 is 51.2 Å². The topological polar surface area (TPSA) is 599 Å². The van der Waals surface area contributed by atoms with E-state index in [0.717, 1.165) is 63.7 Å². The van der Waals surface area contributed by atoms with Gasteiger partial charge in [-0.15, -0.1) is 0 Å². The number of rotatable bonds is 50. The third kappa shape index (κ3) is 41.3. The maximum absolute atomic E-state index is 13.0. The minimum atomic E-state index is -1.75. The summed E-state index contributed by atoms with van der Waals surface area (Å²) in [5, 5.41) is 0. The van der Waals surface area contributed by atoms with E-state index in [0.29, 0.717) is 41.1 Å². The molecule has 0 radical (unpaired) electrons. The van der Waals surface area contributed by atoms with Crippen molar-refractivity contribution in [1.29, 1.82) is 0 Å². The molecule has 0 saturated carbocycles. The van der Waals surface area contributed by atoms with Crippen molar-refractivity contribution in [2.75, 3.05) is 80.8 Å².